The fourth-order valence-electron chi connectivity index (χ4n) is 2.93. The summed E-state index contributed by atoms with van der Waals surface area (Å²) >= 11 is 0. The molecule has 0 saturated carbocycles. The van der Waals surface area contributed by atoms with Crippen LogP contribution in [0.1, 0.15) is 43.1 Å². The molecule has 3 rings (SSSR count). The second kappa shape index (κ2) is 8.39. The second-order valence-electron chi connectivity index (χ2n) is 7.92. The summed E-state index contributed by atoms with van der Waals surface area (Å²) in [4.78, 5) is 40.9. The zero-order valence-electron chi connectivity index (χ0n) is 16.8. The van der Waals surface area contributed by atoms with Gasteiger partial charge < -0.3 is 4.74 Å². The second-order valence-corrected chi connectivity index (χ2v) is 7.92. The van der Waals surface area contributed by atoms with E-state index in [1.807, 2.05) is 18.2 Å². The van der Waals surface area contributed by atoms with Crippen LogP contribution in [0.15, 0.2) is 59.7 Å². The lowest BCUT2D eigenvalue weighted by atomic mass is 9.86. The Morgan fingerprint density at radius 2 is 1.72 bits per heavy atom. The van der Waals surface area contributed by atoms with Crippen LogP contribution in [0.25, 0.3) is 10.9 Å². The van der Waals surface area contributed by atoms with E-state index in [0.717, 1.165) is 5.56 Å². The number of carbonyl (C=O) groups is 2. The van der Waals surface area contributed by atoms with E-state index in [-0.39, 0.29) is 36.3 Å². The summed E-state index contributed by atoms with van der Waals surface area (Å²) in [5.74, 6) is -0.798. The molecular weight excluding hydrogens is 368 g/mol. The number of Topliss-reactive ketones (excluding diaryl/α,β-unsaturated/α-hetero) is 1. The third-order valence-electron chi connectivity index (χ3n) is 4.73. The summed E-state index contributed by atoms with van der Waals surface area (Å²) in [6.07, 6.45) is 1.40. The van der Waals surface area contributed by atoms with Crippen molar-refractivity contribution in [2.24, 2.45) is 0 Å². The van der Waals surface area contributed by atoms with Crippen LogP contribution < -0.4 is 5.56 Å². The molecule has 1 aromatic heterocycles. The Labute approximate surface area is 169 Å². The van der Waals surface area contributed by atoms with Gasteiger partial charge >= 0.3 is 5.97 Å². The van der Waals surface area contributed by atoms with Crippen molar-refractivity contribution in [1.82, 2.24) is 9.55 Å². The van der Waals surface area contributed by atoms with Crippen molar-refractivity contribution < 1.29 is 14.3 Å². The summed E-state index contributed by atoms with van der Waals surface area (Å²) in [6, 6.07) is 14.3. The smallest absolute Gasteiger partial charge is 0.308 e. The maximum atomic E-state index is 12.4. The minimum Gasteiger partial charge on any atom is -0.457 e. The van der Waals surface area contributed by atoms with Gasteiger partial charge in [-0.2, -0.15) is 0 Å². The predicted molar refractivity (Wildman–Crippen MR) is 111 cm³/mol. The van der Waals surface area contributed by atoms with Crippen LogP contribution in [0.3, 0.4) is 0 Å². The van der Waals surface area contributed by atoms with Crippen molar-refractivity contribution in [3.05, 3.63) is 76.3 Å². The minimum atomic E-state index is -0.537. The van der Waals surface area contributed by atoms with Crippen LogP contribution >= 0.6 is 0 Å². The Kier molecular flexibility index (Phi) is 5.92. The molecule has 3 aromatic rings. The number of ether oxygens (including phenoxy) is 1. The van der Waals surface area contributed by atoms with Gasteiger partial charge in [0.2, 0.25) is 0 Å². The van der Waals surface area contributed by atoms with Crippen molar-refractivity contribution in [3.63, 3.8) is 0 Å². The van der Waals surface area contributed by atoms with Gasteiger partial charge in [0.05, 0.1) is 23.7 Å². The van der Waals surface area contributed by atoms with E-state index < -0.39 is 5.97 Å². The summed E-state index contributed by atoms with van der Waals surface area (Å²) in [5, 5.41) is 0.497. The molecule has 0 N–H and O–H groups in total. The maximum Gasteiger partial charge on any atom is 0.308 e. The summed E-state index contributed by atoms with van der Waals surface area (Å²) < 4.78 is 6.45. The molecule has 0 amide bonds. The van der Waals surface area contributed by atoms with E-state index in [0.29, 0.717) is 16.5 Å². The fraction of sp³-hybridized carbons (Fsp3) is 0.304. The molecule has 29 heavy (non-hydrogen) atoms. The van der Waals surface area contributed by atoms with E-state index in [1.165, 1.54) is 10.9 Å². The van der Waals surface area contributed by atoms with Gasteiger partial charge in [-0.25, -0.2) is 4.98 Å². The van der Waals surface area contributed by atoms with Gasteiger partial charge in [0.1, 0.15) is 0 Å². The van der Waals surface area contributed by atoms with Crippen molar-refractivity contribution >= 4 is 22.7 Å². The number of aromatic nitrogens is 2. The van der Waals surface area contributed by atoms with Gasteiger partial charge in [0, 0.05) is 12.1 Å². The Morgan fingerprint density at radius 3 is 2.41 bits per heavy atom. The summed E-state index contributed by atoms with van der Waals surface area (Å²) in [5.41, 5.74) is 2.03. The van der Waals surface area contributed by atoms with Crippen LogP contribution in [-0.4, -0.2) is 27.9 Å². The van der Waals surface area contributed by atoms with Crippen LogP contribution in [0, 0.1) is 0 Å². The highest BCUT2D eigenvalue weighted by atomic mass is 16.5. The van der Waals surface area contributed by atoms with Gasteiger partial charge in [-0.15, -0.1) is 0 Å². The van der Waals surface area contributed by atoms with Crippen molar-refractivity contribution in [2.45, 2.75) is 39.2 Å². The standard InChI is InChI=1S/C23H24N2O4/c1-23(2,3)17-10-8-16(9-11-17)20(26)14-29-21(27)12-13-25-15-24-19-7-5-4-6-18(19)22(25)28/h4-11,15H,12-14H2,1-3H3. The number of ketones is 1. The molecule has 2 aromatic carbocycles. The Morgan fingerprint density at radius 1 is 1.03 bits per heavy atom. The van der Waals surface area contributed by atoms with Crippen molar-refractivity contribution in [1.29, 1.82) is 0 Å². The van der Waals surface area contributed by atoms with Gasteiger partial charge in [0.15, 0.2) is 12.4 Å². The summed E-state index contributed by atoms with van der Waals surface area (Å²) in [7, 11) is 0. The number of nitrogens with zero attached hydrogens (tertiary/aromatic N) is 2. The first-order valence-electron chi connectivity index (χ1n) is 9.49. The first-order valence-corrected chi connectivity index (χ1v) is 9.49. The topological polar surface area (TPSA) is 78.3 Å². The molecule has 6 heteroatoms. The number of hydrogen-bond donors (Lipinski definition) is 0. The van der Waals surface area contributed by atoms with E-state index >= 15 is 0 Å². The third kappa shape index (κ3) is 4.96. The van der Waals surface area contributed by atoms with Crippen LogP contribution in [0.2, 0.25) is 0 Å². The quantitative estimate of drug-likeness (QED) is 0.474. The van der Waals surface area contributed by atoms with E-state index in [9.17, 15) is 14.4 Å². The van der Waals surface area contributed by atoms with Gasteiger partial charge in [0.25, 0.3) is 5.56 Å². The number of hydrogen-bond acceptors (Lipinski definition) is 5. The first-order chi connectivity index (χ1) is 13.8. The van der Waals surface area contributed by atoms with Crippen molar-refractivity contribution in [2.75, 3.05) is 6.61 Å². The Bertz CT molecular complexity index is 1090. The zero-order valence-corrected chi connectivity index (χ0v) is 16.8. The average molecular weight is 392 g/mol. The normalized spacial score (nSPS) is 11.4. The third-order valence-corrected chi connectivity index (χ3v) is 4.73. The Hall–Kier alpha value is -3.28. The van der Waals surface area contributed by atoms with Gasteiger partial charge in [-0.1, -0.05) is 57.2 Å². The highest BCUT2D eigenvalue weighted by Gasteiger charge is 2.15. The first kappa shape index (κ1) is 20.5. The van der Waals surface area contributed by atoms with Crippen LogP contribution in [0.4, 0.5) is 0 Å². The molecule has 0 radical (unpaired) electrons. The van der Waals surface area contributed by atoms with Crippen molar-refractivity contribution in [3.8, 4) is 0 Å². The average Bonchev–Trinajstić information content (AvgIpc) is 2.71. The number of rotatable bonds is 6. The zero-order chi connectivity index (χ0) is 21.0. The molecule has 0 aliphatic carbocycles. The molecule has 0 spiro atoms. The van der Waals surface area contributed by atoms with E-state index in [4.69, 9.17) is 4.74 Å². The fourth-order valence-corrected chi connectivity index (χ4v) is 2.93. The number of benzene rings is 2. The molecule has 6 nitrogen and oxygen atoms in total. The van der Waals surface area contributed by atoms with Gasteiger partial charge in [-0.05, 0) is 23.1 Å². The van der Waals surface area contributed by atoms with Crippen LogP contribution in [0.5, 0.6) is 0 Å². The maximum absolute atomic E-state index is 12.4. The molecule has 1 heterocycles. The predicted octanol–water partition coefficient (Wildman–Crippen LogP) is 3.51. The lowest BCUT2D eigenvalue weighted by molar-refractivity contribution is -0.142. The minimum absolute atomic E-state index is 0.00372. The molecule has 0 aliphatic heterocycles. The highest BCUT2D eigenvalue weighted by molar-refractivity contribution is 5.98. The molecule has 0 fully saturated rings. The lowest BCUT2D eigenvalue weighted by Crippen LogP contribution is -2.23. The SMILES string of the molecule is CC(C)(C)c1ccc(C(=O)COC(=O)CCn2cnc3ccccc3c2=O)cc1. The number of fused-ring (bicyclic) bond motifs is 1. The molecule has 0 unspecified atom stereocenters. The number of carbonyl (C=O) groups excluding carboxylic acids is 2. The molecule has 0 bridgehead atoms. The molecule has 0 aliphatic rings. The number of esters is 1. The Balaban J connectivity index is 1.54. The summed E-state index contributed by atoms with van der Waals surface area (Å²) in [6.45, 7) is 6.12. The number of aryl methyl sites for hydroxylation is 1. The lowest BCUT2D eigenvalue weighted by Gasteiger charge is -2.18. The van der Waals surface area contributed by atoms with Crippen LogP contribution in [-0.2, 0) is 21.5 Å². The molecular formula is C23H24N2O4. The van der Waals surface area contributed by atoms with E-state index in [1.54, 1.807) is 30.3 Å². The molecule has 0 atom stereocenters. The monoisotopic (exact) mass is 392 g/mol. The molecule has 0 saturated heterocycles. The largest absolute Gasteiger partial charge is 0.457 e. The van der Waals surface area contributed by atoms with Gasteiger partial charge in [-0.3, -0.25) is 19.0 Å². The molecule has 150 valence electrons. The highest BCUT2D eigenvalue weighted by Crippen LogP contribution is 2.22. The number of para-hydroxylation sites is 1. The van der Waals surface area contributed by atoms with E-state index in [2.05, 4.69) is 25.8 Å².